The maximum atomic E-state index is 8.28. The first-order valence-electron chi connectivity index (χ1n) is 4.69. The van der Waals surface area contributed by atoms with Gasteiger partial charge in [-0.1, -0.05) is 11.6 Å². The monoisotopic (exact) mass is 164 g/mol. The van der Waals surface area contributed by atoms with Crippen LogP contribution >= 0.6 is 0 Å². The summed E-state index contributed by atoms with van der Waals surface area (Å²) in [6.45, 7) is 1.44. The van der Waals surface area contributed by atoms with Gasteiger partial charge < -0.3 is 5.32 Å². The quantitative estimate of drug-likeness (QED) is 0.392. The van der Waals surface area contributed by atoms with E-state index < -0.39 is 0 Å². The van der Waals surface area contributed by atoms with E-state index in [0.29, 0.717) is 6.54 Å². The van der Waals surface area contributed by atoms with E-state index in [9.17, 15) is 0 Å². The highest BCUT2D eigenvalue weighted by atomic mass is 14.8. The molecule has 0 aromatic heterocycles. The number of hydrogen-bond donors (Lipinski definition) is 1. The van der Waals surface area contributed by atoms with Gasteiger partial charge in [-0.3, -0.25) is 0 Å². The lowest BCUT2D eigenvalue weighted by Gasteiger charge is -2.11. The smallest absolute Gasteiger partial charge is 0.0841 e. The van der Waals surface area contributed by atoms with E-state index in [-0.39, 0.29) is 0 Å². The summed E-state index contributed by atoms with van der Waals surface area (Å²) in [6.07, 6.45) is 8.72. The molecule has 0 saturated carbocycles. The van der Waals surface area contributed by atoms with Crippen molar-refractivity contribution >= 4 is 0 Å². The topological polar surface area (TPSA) is 35.8 Å². The summed E-state index contributed by atoms with van der Waals surface area (Å²) in [5.41, 5.74) is 1.58. The molecule has 0 saturated heterocycles. The second-order valence-corrected chi connectivity index (χ2v) is 3.19. The minimum absolute atomic E-state index is 0.479. The van der Waals surface area contributed by atoms with E-state index in [1.54, 1.807) is 5.57 Å². The van der Waals surface area contributed by atoms with Gasteiger partial charge in [0.1, 0.15) is 0 Å². The Kier molecular flexibility index (Phi) is 4.48. The summed E-state index contributed by atoms with van der Waals surface area (Å²) in [4.78, 5) is 0. The molecular formula is C10H16N2. The summed E-state index contributed by atoms with van der Waals surface area (Å²) in [5.74, 6) is 0. The molecule has 1 aliphatic rings. The van der Waals surface area contributed by atoms with Crippen LogP contribution in [0.25, 0.3) is 0 Å². The zero-order chi connectivity index (χ0) is 8.65. The highest BCUT2D eigenvalue weighted by molar-refractivity contribution is 5.05. The van der Waals surface area contributed by atoms with Crippen molar-refractivity contribution < 1.29 is 0 Å². The van der Waals surface area contributed by atoms with E-state index in [1.807, 2.05) is 0 Å². The number of nitrogens with zero attached hydrogens (tertiary/aromatic N) is 1. The predicted molar refractivity (Wildman–Crippen MR) is 49.7 cm³/mol. The summed E-state index contributed by atoms with van der Waals surface area (Å²) in [7, 11) is 0. The Hall–Kier alpha value is -0.810. The Balaban J connectivity index is 2.06. The summed E-state index contributed by atoms with van der Waals surface area (Å²) in [5, 5.41) is 11.4. The van der Waals surface area contributed by atoms with Gasteiger partial charge in [0, 0.05) is 0 Å². The van der Waals surface area contributed by atoms with Gasteiger partial charge in [0.25, 0.3) is 0 Å². The first-order chi connectivity index (χ1) is 5.93. The summed E-state index contributed by atoms with van der Waals surface area (Å²) in [6, 6.07) is 2.07. The third-order valence-corrected chi connectivity index (χ3v) is 2.21. The van der Waals surface area contributed by atoms with Gasteiger partial charge >= 0.3 is 0 Å². The average molecular weight is 164 g/mol. The van der Waals surface area contributed by atoms with Crippen LogP contribution in [-0.2, 0) is 0 Å². The van der Waals surface area contributed by atoms with Crippen LogP contribution in [0.1, 0.15) is 32.1 Å². The molecule has 0 atom stereocenters. The Morgan fingerprint density at radius 1 is 1.50 bits per heavy atom. The fourth-order valence-electron chi connectivity index (χ4n) is 1.52. The van der Waals surface area contributed by atoms with Crippen molar-refractivity contribution in [2.75, 3.05) is 13.1 Å². The average Bonchev–Trinajstić information content (AvgIpc) is 2.14. The number of nitrogens with one attached hydrogen (secondary N) is 1. The molecule has 0 aliphatic heterocycles. The maximum Gasteiger partial charge on any atom is 0.0841 e. The van der Waals surface area contributed by atoms with Crippen molar-refractivity contribution in [2.45, 2.75) is 32.1 Å². The first-order valence-corrected chi connectivity index (χ1v) is 4.69. The Bertz CT molecular complexity index is 189. The SMILES string of the molecule is N#CCNCCC1=CCCCC1. The number of allylic oxidation sites excluding steroid dienone is 1. The Labute approximate surface area is 74.3 Å². The fraction of sp³-hybridized carbons (Fsp3) is 0.700. The number of hydrogen-bond acceptors (Lipinski definition) is 2. The number of rotatable bonds is 4. The molecule has 12 heavy (non-hydrogen) atoms. The van der Waals surface area contributed by atoms with E-state index in [1.165, 1.54) is 25.7 Å². The molecule has 2 heteroatoms. The Morgan fingerprint density at radius 3 is 3.08 bits per heavy atom. The van der Waals surface area contributed by atoms with Crippen molar-refractivity contribution in [1.82, 2.24) is 5.32 Å². The standard InChI is InChI=1S/C10H16N2/c11-7-9-12-8-6-10-4-2-1-3-5-10/h4,12H,1-3,5-6,8-9H2. The van der Waals surface area contributed by atoms with Gasteiger partial charge in [-0.25, -0.2) is 0 Å². The number of nitriles is 1. The molecule has 1 rings (SSSR count). The van der Waals surface area contributed by atoms with Crippen LogP contribution in [0.3, 0.4) is 0 Å². The van der Waals surface area contributed by atoms with Gasteiger partial charge in [-0.2, -0.15) is 5.26 Å². The molecule has 0 fully saturated rings. The molecule has 0 aromatic rings. The molecule has 0 aromatic carbocycles. The van der Waals surface area contributed by atoms with Crippen molar-refractivity contribution in [3.63, 3.8) is 0 Å². The largest absolute Gasteiger partial charge is 0.304 e. The van der Waals surface area contributed by atoms with Crippen LogP contribution in [0.2, 0.25) is 0 Å². The van der Waals surface area contributed by atoms with E-state index in [0.717, 1.165) is 13.0 Å². The van der Waals surface area contributed by atoms with Gasteiger partial charge in [-0.15, -0.1) is 0 Å². The molecular weight excluding hydrogens is 148 g/mol. The van der Waals surface area contributed by atoms with E-state index in [4.69, 9.17) is 5.26 Å². The first kappa shape index (κ1) is 9.28. The third kappa shape index (κ3) is 3.54. The molecule has 0 bridgehead atoms. The normalized spacial score (nSPS) is 16.8. The van der Waals surface area contributed by atoms with E-state index in [2.05, 4.69) is 17.5 Å². The molecule has 66 valence electrons. The van der Waals surface area contributed by atoms with Crippen molar-refractivity contribution in [2.24, 2.45) is 0 Å². The van der Waals surface area contributed by atoms with Crippen LogP contribution in [-0.4, -0.2) is 13.1 Å². The minimum Gasteiger partial charge on any atom is -0.304 e. The highest BCUT2D eigenvalue weighted by Crippen LogP contribution is 2.19. The van der Waals surface area contributed by atoms with Gasteiger partial charge in [0.05, 0.1) is 12.6 Å². The third-order valence-electron chi connectivity index (χ3n) is 2.21. The van der Waals surface area contributed by atoms with E-state index >= 15 is 0 Å². The molecule has 2 nitrogen and oxygen atoms in total. The lowest BCUT2D eigenvalue weighted by molar-refractivity contribution is 0.652. The van der Waals surface area contributed by atoms with Crippen molar-refractivity contribution in [3.05, 3.63) is 11.6 Å². The fourth-order valence-corrected chi connectivity index (χ4v) is 1.52. The highest BCUT2D eigenvalue weighted by Gasteiger charge is 2.01. The maximum absolute atomic E-state index is 8.28. The van der Waals surface area contributed by atoms with Crippen LogP contribution in [0, 0.1) is 11.3 Å². The molecule has 0 unspecified atom stereocenters. The van der Waals surface area contributed by atoms with Crippen molar-refractivity contribution in [1.29, 1.82) is 5.26 Å². The van der Waals surface area contributed by atoms with Gasteiger partial charge in [-0.05, 0) is 38.6 Å². The van der Waals surface area contributed by atoms with Crippen molar-refractivity contribution in [3.8, 4) is 6.07 Å². The second kappa shape index (κ2) is 5.79. The lowest BCUT2D eigenvalue weighted by atomic mass is 9.97. The summed E-state index contributed by atoms with van der Waals surface area (Å²) >= 11 is 0. The molecule has 0 amide bonds. The molecule has 1 N–H and O–H groups in total. The molecule has 0 spiro atoms. The molecule has 1 aliphatic carbocycles. The van der Waals surface area contributed by atoms with Gasteiger partial charge in [0.2, 0.25) is 0 Å². The predicted octanol–water partition coefficient (Wildman–Crippen LogP) is 1.99. The molecule has 0 radical (unpaired) electrons. The van der Waals surface area contributed by atoms with Crippen LogP contribution < -0.4 is 5.32 Å². The second-order valence-electron chi connectivity index (χ2n) is 3.19. The lowest BCUT2D eigenvalue weighted by Crippen LogP contribution is -2.16. The Morgan fingerprint density at radius 2 is 2.42 bits per heavy atom. The van der Waals surface area contributed by atoms with Crippen LogP contribution in [0.15, 0.2) is 11.6 Å². The zero-order valence-corrected chi connectivity index (χ0v) is 7.47. The summed E-state index contributed by atoms with van der Waals surface area (Å²) < 4.78 is 0. The zero-order valence-electron chi connectivity index (χ0n) is 7.47. The minimum atomic E-state index is 0.479. The van der Waals surface area contributed by atoms with Crippen LogP contribution in [0.5, 0.6) is 0 Å². The molecule has 0 heterocycles. The van der Waals surface area contributed by atoms with Crippen LogP contribution in [0.4, 0.5) is 0 Å². The van der Waals surface area contributed by atoms with Gasteiger partial charge in [0.15, 0.2) is 0 Å².